The topological polar surface area (TPSA) is 54.9 Å². The third-order valence-corrected chi connectivity index (χ3v) is 3.29. The molecule has 1 amide bonds. The van der Waals surface area contributed by atoms with Crippen LogP contribution in [0.5, 0.6) is 0 Å². The van der Waals surface area contributed by atoms with Crippen molar-refractivity contribution in [2.45, 2.75) is 44.5 Å². The molecule has 2 unspecified atom stereocenters. The molecule has 6 heteroatoms. The van der Waals surface area contributed by atoms with Gasteiger partial charge in [0.2, 0.25) is 0 Å². The minimum atomic E-state index is -0.0625. The van der Waals surface area contributed by atoms with Gasteiger partial charge in [0.1, 0.15) is 4.88 Å². The first kappa shape index (κ1) is 13.6. The second kappa shape index (κ2) is 6.30. The molecule has 0 aliphatic carbocycles. The van der Waals surface area contributed by atoms with Crippen molar-refractivity contribution in [3.05, 3.63) is 10.6 Å². The van der Waals surface area contributed by atoms with Crippen molar-refractivity contribution in [3.8, 4) is 0 Å². The standard InChI is InChI=1S/C10H16BrN3OS/c1-4-8-9(16-14-13-8)10(15)12-7(3)5-6(2)11/h6-7H,4-5H2,1-3H3,(H,12,15). The monoisotopic (exact) mass is 305 g/mol. The van der Waals surface area contributed by atoms with Gasteiger partial charge in [0.05, 0.1) is 5.69 Å². The van der Waals surface area contributed by atoms with E-state index < -0.39 is 0 Å². The van der Waals surface area contributed by atoms with Crippen LogP contribution in [0.15, 0.2) is 0 Å². The molecule has 0 spiro atoms. The molecule has 1 aromatic rings. The highest BCUT2D eigenvalue weighted by Gasteiger charge is 2.17. The Hall–Kier alpha value is -0.490. The first-order chi connectivity index (χ1) is 7.54. The normalized spacial score (nSPS) is 14.5. The minimum Gasteiger partial charge on any atom is -0.349 e. The van der Waals surface area contributed by atoms with Gasteiger partial charge in [-0.05, 0) is 31.3 Å². The van der Waals surface area contributed by atoms with Gasteiger partial charge < -0.3 is 5.32 Å². The van der Waals surface area contributed by atoms with Gasteiger partial charge >= 0.3 is 0 Å². The number of hydrogen-bond donors (Lipinski definition) is 1. The summed E-state index contributed by atoms with van der Waals surface area (Å²) in [5, 5.41) is 6.87. The summed E-state index contributed by atoms with van der Waals surface area (Å²) in [4.78, 5) is 12.9. The summed E-state index contributed by atoms with van der Waals surface area (Å²) in [6.45, 7) is 6.03. The highest BCUT2D eigenvalue weighted by molar-refractivity contribution is 9.09. The molecule has 1 aromatic heterocycles. The summed E-state index contributed by atoms with van der Waals surface area (Å²) in [7, 11) is 0. The van der Waals surface area contributed by atoms with Gasteiger partial charge in [-0.1, -0.05) is 34.3 Å². The number of aromatic nitrogens is 2. The predicted molar refractivity (Wildman–Crippen MR) is 69.2 cm³/mol. The molecule has 4 nitrogen and oxygen atoms in total. The molecule has 2 atom stereocenters. The molecule has 0 aromatic carbocycles. The van der Waals surface area contributed by atoms with Gasteiger partial charge in [0.15, 0.2) is 0 Å². The van der Waals surface area contributed by atoms with Crippen molar-refractivity contribution < 1.29 is 4.79 Å². The van der Waals surface area contributed by atoms with Crippen LogP contribution in [0.1, 0.15) is 42.6 Å². The average molecular weight is 306 g/mol. The number of amides is 1. The lowest BCUT2D eigenvalue weighted by Crippen LogP contribution is -2.33. The smallest absolute Gasteiger partial charge is 0.265 e. The average Bonchev–Trinajstić information content (AvgIpc) is 2.63. The second-order valence-electron chi connectivity index (χ2n) is 3.79. The van der Waals surface area contributed by atoms with E-state index in [1.807, 2.05) is 13.8 Å². The first-order valence-corrected chi connectivity index (χ1v) is 6.99. The van der Waals surface area contributed by atoms with E-state index in [1.54, 1.807) is 0 Å². The fourth-order valence-corrected chi connectivity index (χ4v) is 2.66. The minimum absolute atomic E-state index is 0.0625. The van der Waals surface area contributed by atoms with Crippen LogP contribution >= 0.6 is 27.5 Å². The van der Waals surface area contributed by atoms with E-state index in [1.165, 1.54) is 0 Å². The van der Waals surface area contributed by atoms with E-state index in [0.717, 1.165) is 30.1 Å². The van der Waals surface area contributed by atoms with Crippen LogP contribution in [0.3, 0.4) is 0 Å². The van der Waals surface area contributed by atoms with Crippen molar-refractivity contribution in [1.82, 2.24) is 14.9 Å². The summed E-state index contributed by atoms with van der Waals surface area (Å²) in [6, 6.07) is 0.147. The van der Waals surface area contributed by atoms with Crippen LogP contribution in [-0.4, -0.2) is 26.4 Å². The van der Waals surface area contributed by atoms with Gasteiger partial charge in [-0.15, -0.1) is 5.10 Å². The number of aryl methyl sites for hydroxylation is 1. The summed E-state index contributed by atoms with van der Waals surface area (Å²) in [6.07, 6.45) is 1.64. The van der Waals surface area contributed by atoms with Gasteiger partial charge in [-0.3, -0.25) is 4.79 Å². The van der Waals surface area contributed by atoms with Crippen molar-refractivity contribution in [3.63, 3.8) is 0 Å². The number of hydrogen-bond acceptors (Lipinski definition) is 4. The Labute approximate surface area is 108 Å². The fraction of sp³-hybridized carbons (Fsp3) is 0.700. The zero-order valence-corrected chi connectivity index (χ0v) is 12.1. The molecule has 0 bridgehead atoms. The third-order valence-electron chi connectivity index (χ3n) is 2.15. The molecule has 0 aliphatic rings. The summed E-state index contributed by atoms with van der Waals surface area (Å²) in [5.41, 5.74) is 0.779. The second-order valence-corrected chi connectivity index (χ2v) is 6.11. The Morgan fingerprint density at radius 2 is 2.25 bits per heavy atom. The van der Waals surface area contributed by atoms with E-state index in [2.05, 4.69) is 37.8 Å². The molecule has 1 N–H and O–H groups in total. The molecular formula is C10H16BrN3OS. The first-order valence-electron chi connectivity index (χ1n) is 5.30. The van der Waals surface area contributed by atoms with Gasteiger partial charge in [-0.2, -0.15) is 0 Å². The SMILES string of the molecule is CCc1nnsc1C(=O)NC(C)CC(C)Br. The molecule has 16 heavy (non-hydrogen) atoms. The summed E-state index contributed by atoms with van der Waals surface area (Å²) < 4.78 is 3.80. The highest BCUT2D eigenvalue weighted by Crippen LogP contribution is 2.12. The number of nitrogens with zero attached hydrogens (tertiary/aromatic N) is 2. The van der Waals surface area contributed by atoms with Crippen LogP contribution < -0.4 is 5.32 Å². The summed E-state index contributed by atoms with van der Waals surface area (Å²) in [5.74, 6) is -0.0625. The van der Waals surface area contributed by atoms with Crippen molar-refractivity contribution >= 4 is 33.4 Å². The molecule has 0 saturated heterocycles. The third kappa shape index (κ3) is 3.83. The fourth-order valence-electron chi connectivity index (χ4n) is 1.45. The molecule has 1 rings (SSSR count). The number of rotatable bonds is 5. The Balaban J connectivity index is 2.58. The van der Waals surface area contributed by atoms with Crippen molar-refractivity contribution in [2.24, 2.45) is 0 Å². The number of alkyl halides is 1. The number of halogens is 1. The van der Waals surface area contributed by atoms with E-state index in [4.69, 9.17) is 0 Å². The lowest BCUT2D eigenvalue weighted by Gasteiger charge is -2.14. The van der Waals surface area contributed by atoms with Crippen LogP contribution in [-0.2, 0) is 6.42 Å². The van der Waals surface area contributed by atoms with Crippen molar-refractivity contribution in [1.29, 1.82) is 0 Å². The molecule has 0 fully saturated rings. The zero-order chi connectivity index (χ0) is 12.1. The maximum atomic E-state index is 11.9. The van der Waals surface area contributed by atoms with Crippen LogP contribution in [0.25, 0.3) is 0 Å². The highest BCUT2D eigenvalue weighted by atomic mass is 79.9. The van der Waals surface area contributed by atoms with Crippen LogP contribution in [0.2, 0.25) is 0 Å². The summed E-state index contributed by atoms with van der Waals surface area (Å²) >= 11 is 4.63. The lowest BCUT2D eigenvalue weighted by molar-refractivity contribution is 0.0941. The van der Waals surface area contributed by atoms with E-state index in [-0.39, 0.29) is 11.9 Å². The Morgan fingerprint density at radius 1 is 1.56 bits per heavy atom. The van der Waals surface area contributed by atoms with Gasteiger partial charge in [0, 0.05) is 10.9 Å². The zero-order valence-electron chi connectivity index (χ0n) is 9.66. The molecular weight excluding hydrogens is 290 g/mol. The Bertz CT molecular complexity index is 354. The molecule has 1 heterocycles. The van der Waals surface area contributed by atoms with Crippen molar-refractivity contribution in [2.75, 3.05) is 0 Å². The predicted octanol–water partition coefficient (Wildman–Crippen LogP) is 2.39. The quantitative estimate of drug-likeness (QED) is 0.850. The molecule has 0 saturated carbocycles. The van der Waals surface area contributed by atoms with E-state index in [9.17, 15) is 4.79 Å². The largest absolute Gasteiger partial charge is 0.349 e. The number of carbonyl (C=O) groups excluding carboxylic acids is 1. The van der Waals surface area contributed by atoms with Crippen LogP contribution in [0.4, 0.5) is 0 Å². The Kier molecular flexibility index (Phi) is 5.34. The van der Waals surface area contributed by atoms with Gasteiger partial charge in [-0.25, -0.2) is 0 Å². The van der Waals surface area contributed by atoms with E-state index >= 15 is 0 Å². The van der Waals surface area contributed by atoms with Gasteiger partial charge in [0.25, 0.3) is 5.91 Å². The molecule has 0 radical (unpaired) electrons. The Morgan fingerprint density at radius 3 is 2.81 bits per heavy atom. The number of carbonyl (C=O) groups is 1. The molecule has 0 aliphatic heterocycles. The molecule has 90 valence electrons. The lowest BCUT2D eigenvalue weighted by atomic mass is 10.2. The maximum Gasteiger partial charge on any atom is 0.265 e. The van der Waals surface area contributed by atoms with E-state index in [0.29, 0.717) is 9.70 Å². The van der Waals surface area contributed by atoms with Crippen LogP contribution in [0, 0.1) is 0 Å². The maximum absolute atomic E-state index is 11.9. The number of nitrogens with one attached hydrogen (secondary N) is 1.